The van der Waals surface area contributed by atoms with Gasteiger partial charge in [0.25, 0.3) is 5.91 Å². The van der Waals surface area contributed by atoms with Gasteiger partial charge in [0, 0.05) is 12.6 Å². The van der Waals surface area contributed by atoms with Crippen molar-refractivity contribution in [1.29, 1.82) is 0 Å². The molecule has 2 atom stereocenters. The van der Waals surface area contributed by atoms with E-state index in [2.05, 4.69) is 10.3 Å². The van der Waals surface area contributed by atoms with Crippen LogP contribution in [0.2, 0.25) is 0 Å². The molecule has 1 fully saturated rings. The SMILES string of the molecule is C[C@@H]([C]=O)N(C(=O)[C@@H]1CCC(=O)N1)c1ccccn1. The van der Waals surface area contributed by atoms with Gasteiger partial charge in [-0.1, -0.05) is 6.07 Å². The summed E-state index contributed by atoms with van der Waals surface area (Å²) in [7, 11) is 0. The van der Waals surface area contributed by atoms with E-state index in [0.717, 1.165) is 0 Å². The molecule has 99 valence electrons. The molecule has 0 aromatic carbocycles. The number of rotatable bonds is 4. The number of carbonyl (C=O) groups excluding carboxylic acids is 3. The van der Waals surface area contributed by atoms with Gasteiger partial charge in [-0.2, -0.15) is 0 Å². The van der Waals surface area contributed by atoms with Gasteiger partial charge in [0.2, 0.25) is 12.2 Å². The van der Waals surface area contributed by atoms with Crippen LogP contribution in [0.25, 0.3) is 0 Å². The second kappa shape index (κ2) is 5.60. The maximum atomic E-state index is 12.4. The largest absolute Gasteiger partial charge is 0.344 e. The molecule has 0 bridgehead atoms. The molecular weight excluding hydrogens is 246 g/mol. The van der Waals surface area contributed by atoms with E-state index in [1.54, 1.807) is 37.6 Å². The van der Waals surface area contributed by atoms with Crippen LogP contribution >= 0.6 is 0 Å². The average molecular weight is 260 g/mol. The van der Waals surface area contributed by atoms with E-state index in [-0.39, 0.29) is 11.8 Å². The third-order valence-electron chi connectivity index (χ3n) is 2.98. The van der Waals surface area contributed by atoms with Crippen molar-refractivity contribution in [3.63, 3.8) is 0 Å². The Morgan fingerprint density at radius 1 is 1.58 bits per heavy atom. The molecule has 6 nitrogen and oxygen atoms in total. The van der Waals surface area contributed by atoms with Crippen molar-refractivity contribution < 1.29 is 14.4 Å². The smallest absolute Gasteiger partial charge is 0.251 e. The zero-order valence-electron chi connectivity index (χ0n) is 10.5. The highest BCUT2D eigenvalue weighted by Gasteiger charge is 2.34. The Bertz CT molecular complexity index is 489. The van der Waals surface area contributed by atoms with E-state index in [1.807, 2.05) is 0 Å². The number of nitrogens with one attached hydrogen (secondary N) is 1. The summed E-state index contributed by atoms with van der Waals surface area (Å²) < 4.78 is 0. The molecule has 1 aliphatic heterocycles. The average Bonchev–Trinajstić information content (AvgIpc) is 2.86. The molecule has 1 aliphatic rings. The zero-order valence-corrected chi connectivity index (χ0v) is 10.5. The first kappa shape index (κ1) is 13.2. The van der Waals surface area contributed by atoms with Gasteiger partial charge in [-0.05, 0) is 25.5 Å². The van der Waals surface area contributed by atoms with Crippen LogP contribution in [-0.4, -0.2) is 35.2 Å². The molecule has 2 amide bonds. The van der Waals surface area contributed by atoms with Crippen LogP contribution in [-0.2, 0) is 14.4 Å². The van der Waals surface area contributed by atoms with Crippen LogP contribution in [0.4, 0.5) is 5.82 Å². The quantitative estimate of drug-likeness (QED) is 0.838. The Morgan fingerprint density at radius 2 is 2.37 bits per heavy atom. The monoisotopic (exact) mass is 260 g/mol. The van der Waals surface area contributed by atoms with Gasteiger partial charge in [0.15, 0.2) is 0 Å². The number of aromatic nitrogens is 1. The molecule has 6 heteroatoms. The van der Waals surface area contributed by atoms with E-state index >= 15 is 0 Å². The number of nitrogens with zero attached hydrogens (tertiary/aromatic N) is 2. The summed E-state index contributed by atoms with van der Waals surface area (Å²) in [5.74, 6) is -0.105. The third-order valence-corrected chi connectivity index (χ3v) is 2.98. The number of hydrogen-bond acceptors (Lipinski definition) is 4. The molecular formula is C13H14N3O3. The fourth-order valence-corrected chi connectivity index (χ4v) is 2.02. The molecule has 1 aromatic heterocycles. The van der Waals surface area contributed by atoms with Crippen molar-refractivity contribution in [2.24, 2.45) is 0 Å². The van der Waals surface area contributed by atoms with Gasteiger partial charge in [-0.3, -0.25) is 19.3 Å². The lowest BCUT2D eigenvalue weighted by Gasteiger charge is -2.26. The van der Waals surface area contributed by atoms with Crippen LogP contribution in [0, 0.1) is 0 Å². The topological polar surface area (TPSA) is 79.4 Å². The Morgan fingerprint density at radius 3 is 2.89 bits per heavy atom. The summed E-state index contributed by atoms with van der Waals surface area (Å²) in [6.07, 6.45) is 4.09. The molecule has 1 radical (unpaired) electrons. The first-order valence-electron chi connectivity index (χ1n) is 6.04. The first-order chi connectivity index (χ1) is 9.13. The molecule has 2 rings (SSSR count). The van der Waals surface area contributed by atoms with Crippen molar-refractivity contribution in [3.8, 4) is 0 Å². The lowest BCUT2D eigenvalue weighted by molar-refractivity contribution is -0.124. The summed E-state index contributed by atoms with van der Waals surface area (Å²) in [4.78, 5) is 39.8. The highest BCUT2D eigenvalue weighted by molar-refractivity contribution is 6.02. The molecule has 2 heterocycles. The fourth-order valence-electron chi connectivity index (χ4n) is 2.02. The Kier molecular flexibility index (Phi) is 3.89. The predicted molar refractivity (Wildman–Crippen MR) is 68.0 cm³/mol. The number of hydrogen-bond donors (Lipinski definition) is 1. The van der Waals surface area contributed by atoms with Crippen LogP contribution in [0.5, 0.6) is 0 Å². The minimum Gasteiger partial charge on any atom is -0.344 e. The summed E-state index contributed by atoms with van der Waals surface area (Å²) >= 11 is 0. The predicted octanol–water partition coefficient (Wildman–Crippen LogP) is 0.191. The summed E-state index contributed by atoms with van der Waals surface area (Å²) in [6.45, 7) is 1.57. The lowest BCUT2D eigenvalue weighted by Crippen LogP contribution is -2.49. The second-order valence-electron chi connectivity index (χ2n) is 4.35. The van der Waals surface area contributed by atoms with Gasteiger partial charge in [0.1, 0.15) is 17.9 Å². The minimum absolute atomic E-state index is 0.151. The van der Waals surface area contributed by atoms with E-state index in [0.29, 0.717) is 18.7 Å². The van der Waals surface area contributed by atoms with Crippen LogP contribution in [0.3, 0.4) is 0 Å². The Labute approximate surface area is 110 Å². The van der Waals surface area contributed by atoms with E-state index < -0.39 is 12.1 Å². The Hall–Kier alpha value is -2.24. The first-order valence-corrected chi connectivity index (χ1v) is 6.04. The maximum Gasteiger partial charge on any atom is 0.251 e. The van der Waals surface area contributed by atoms with Gasteiger partial charge in [-0.25, -0.2) is 4.98 Å². The number of amides is 2. The van der Waals surface area contributed by atoms with Crippen LogP contribution in [0.1, 0.15) is 19.8 Å². The zero-order chi connectivity index (χ0) is 13.8. The van der Waals surface area contributed by atoms with Crippen molar-refractivity contribution in [2.75, 3.05) is 4.90 Å². The minimum atomic E-state index is -0.750. The van der Waals surface area contributed by atoms with Crippen molar-refractivity contribution >= 4 is 23.9 Å². The van der Waals surface area contributed by atoms with E-state index in [9.17, 15) is 14.4 Å². The standard InChI is InChI=1S/C13H14N3O3/c1-9(8-17)16(11-4-2-3-7-14-11)13(19)10-5-6-12(18)15-10/h2-4,7,9-10H,5-6H2,1H3,(H,15,18)/t9-,10-/m0/s1. The number of pyridine rings is 1. The maximum absolute atomic E-state index is 12.4. The molecule has 1 aromatic rings. The van der Waals surface area contributed by atoms with Crippen LogP contribution < -0.4 is 10.2 Å². The van der Waals surface area contributed by atoms with Gasteiger partial charge < -0.3 is 5.32 Å². The lowest BCUT2D eigenvalue weighted by atomic mass is 10.1. The summed E-state index contributed by atoms with van der Waals surface area (Å²) in [5, 5.41) is 2.60. The second-order valence-corrected chi connectivity index (χ2v) is 4.35. The van der Waals surface area contributed by atoms with Gasteiger partial charge in [-0.15, -0.1) is 0 Å². The van der Waals surface area contributed by atoms with E-state index in [4.69, 9.17) is 0 Å². The number of carbonyl (C=O) groups is 2. The normalized spacial score (nSPS) is 19.6. The summed E-state index contributed by atoms with van der Waals surface area (Å²) in [6, 6.07) is 3.75. The molecule has 0 unspecified atom stereocenters. The van der Waals surface area contributed by atoms with Crippen molar-refractivity contribution in [1.82, 2.24) is 10.3 Å². The summed E-state index contributed by atoms with van der Waals surface area (Å²) in [5.41, 5.74) is 0. The Balaban J connectivity index is 2.25. The molecule has 19 heavy (non-hydrogen) atoms. The third kappa shape index (κ3) is 2.78. The highest BCUT2D eigenvalue weighted by atomic mass is 16.2. The highest BCUT2D eigenvalue weighted by Crippen LogP contribution is 2.17. The molecule has 1 N–H and O–H groups in total. The molecule has 1 saturated heterocycles. The van der Waals surface area contributed by atoms with Crippen molar-refractivity contribution in [3.05, 3.63) is 24.4 Å². The van der Waals surface area contributed by atoms with Crippen LogP contribution in [0.15, 0.2) is 24.4 Å². The number of anilines is 1. The van der Waals surface area contributed by atoms with Gasteiger partial charge in [0.05, 0.1) is 0 Å². The molecule has 0 saturated carbocycles. The van der Waals surface area contributed by atoms with Crippen molar-refractivity contribution in [2.45, 2.75) is 31.8 Å². The molecule has 0 spiro atoms. The molecule has 0 aliphatic carbocycles. The van der Waals surface area contributed by atoms with E-state index in [1.165, 1.54) is 4.90 Å². The van der Waals surface area contributed by atoms with Gasteiger partial charge >= 0.3 is 0 Å². The fraction of sp³-hybridized carbons (Fsp3) is 0.385.